The van der Waals surface area contributed by atoms with Crippen LogP contribution in [-0.4, -0.2) is 52.7 Å². The molecule has 0 heterocycles. The predicted molar refractivity (Wildman–Crippen MR) is 147 cm³/mol. The van der Waals surface area contributed by atoms with Crippen molar-refractivity contribution in [3.05, 3.63) is 0 Å². The Morgan fingerprint density at radius 1 is 0.543 bits per heavy atom. The van der Waals surface area contributed by atoms with Gasteiger partial charge in [0.15, 0.2) is 0 Å². The summed E-state index contributed by atoms with van der Waals surface area (Å²) in [5.41, 5.74) is 0. The van der Waals surface area contributed by atoms with E-state index in [1.807, 2.05) is 0 Å². The average molecular weight is 501 g/mol. The SMILES string of the molecule is CCCCCCCCCCC(CCCCCCCC)CCOC(=O)COCCCOCCCOC. The molecule has 0 N–H and O–H groups in total. The highest BCUT2D eigenvalue weighted by Crippen LogP contribution is 2.22. The van der Waals surface area contributed by atoms with Crippen LogP contribution in [0.3, 0.4) is 0 Å². The van der Waals surface area contributed by atoms with Crippen LogP contribution in [0.2, 0.25) is 0 Å². The molecule has 0 aromatic rings. The van der Waals surface area contributed by atoms with Crippen LogP contribution in [0.4, 0.5) is 0 Å². The second-order valence-corrected chi connectivity index (χ2v) is 10.1. The van der Waals surface area contributed by atoms with Gasteiger partial charge in [-0.3, -0.25) is 0 Å². The van der Waals surface area contributed by atoms with Gasteiger partial charge in [0, 0.05) is 33.5 Å². The predicted octanol–water partition coefficient (Wildman–Crippen LogP) is 8.28. The molecule has 0 aromatic carbocycles. The lowest BCUT2D eigenvalue weighted by Crippen LogP contribution is -2.16. The van der Waals surface area contributed by atoms with Crippen LogP contribution in [0.5, 0.6) is 0 Å². The fraction of sp³-hybridized carbons (Fsp3) is 0.967. The fourth-order valence-electron chi connectivity index (χ4n) is 4.42. The second-order valence-electron chi connectivity index (χ2n) is 10.1. The van der Waals surface area contributed by atoms with Crippen molar-refractivity contribution in [2.24, 2.45) is 5.92 Å². The summed E-state index contributed by atoms with van der Waals surface area (Å²) >= 11 is 0. The maximum Gasteiger partial charge on any atom is 0.332 e. The molecule has 0 aliphatic carbocycles. The van der Waals surface area contributed by atoms with Gasteiger partial charge < -0.3 is 18.9 Å². The summed E-state index contributed by atoms with van der Waals surface area (Å²) in [6.07, 6.45) is 24.2. The van der Waals surface area contributed by atoms with E-state index in [2.05, 4.69) is 13.8 Å². The van der Waals surface area contributed by atoms with Crippen LogP contribution < -0.4 is 0 Å². The van der Waals surface area contributed by atoms with Gasteiger partial charge in [-0.05, 0) is 25.2 Å². The molecule has 5 nitrogen and oxygen atoms in total. The van der Waals surface area contributed by atoms with Crippen molar-refractivity contribution in [1.29, 1.82) is 0 Å². The molecule has 1 atom stereocenters. The minimum absolute atomic E-state index is 0.0454. The Bertz CT molecular complexity index is 416. The molecule has 5 heteroatoms. The normalized spacial score (nSPS) is 12.2. The summed E-state index contributed by atoms with van der Waals surface area (Å²) in [5.74, 6) is 0.446. The molecule has 0 aliphatic heterocycles. The van der Waals surface area contributed by atoms with Crippen LogP contribution >= 0.6 is 0 Å². The van der Waals surface area contributed by atoms with Crippen molar-refractivity contribution in [2.45, 2.75) is 136 Å². The lowest BCUT2D eigenvalue weighted by Gasteiger charge is -2.17. The second kappa shape index (κ2) is 29.6. The van der Waals surface area contributed by atoms with E-state index >= 15 is 0 Å². The first-order valence-electron chi connectivity index (χ1n) is 15.0. The highest BCUT2D eigenvalue weighted by atomic mass is 16.6. The van der Waals surface area contributed by atoms with Crippen molar-refractivity contribution in [3.63, 3.8) is 0 Å². The fourth-order valence-corrected chi connectivity index (χ4v) is 4.42. The van der Waals surface area contributed by atoms with E-state index in [1.165, 1.54) is 103 Å². The lowest BCUT2D eigenvalue weighted by molar-refractivity contribution is -0.149. The van der Waals surface area contributed by atoms with E-state index in [9.17, 15) is 4.79 Å². The van der Waals surface area contributed by atoms with E-state index in [1.54, 1.807) is 7.11 Å². The summed E-state index contributed by atoms with van der Waals surface area (Å²) in [4.78, 5) is 12.0. The summed E-state index contributed by atoms with van der Waals surface area (Å²) in [6, 6.07) is 0. The van der Waals surface area contributed by atoms with Crippen LogP contribution in [0.25, 0.3) is 0 Å². The third-order valence-corrected chi connectivity index (χ3v) is 6.66. The molecule has 0 amide bonds. The molecular formula is C30H60O5. The van der Waals surface area contributed by atoms with Gasteiger partial charge in [-0.15, -0.1) is 0 Å². The number of unbranched alkanes of at least 4 members (excludes halogenated alkanes) is 12. The van der Waals surface area contributed by atoms with Gasteiger partial charge >= 0.3 is 5.97 Å². The number of carbonyl (C=O) groups excluding carboxylic acids is 1. The Balaban J connectivity index is 3.91. The minimum atomic E-state index is -0.239. The number of esters is 1. The first-order chi connectivity index (χ1) is 17.2. The van der Waals surface area contributed by atoms with Gasteiger partial charge in [0.25, 0.3) is 0 Å². The summed E-state index contributed by atoms with van der Waals surface area (Å²) in [6.45, 7) is 7.72. The van der Waals surface area contributed by atoms with Crippen molar-refractivity contribution >= 4 is 5.97 Å². The standard InChI is InChI=1S/C30H60O5/c1-4-6-8-10-12-13-15-17-21-29(20-16-14-11-9-7-5-2)22-27-35-30(31)28-34-26-19-25-33-24-18-23-32-3/h29H,4-28H2,1-3H3. The number of hydrogen-bond donors (Lipinski definition) is 0. The highest BCUT2D eigenvalue weighted by Gasteiger charge is 2.11. The van der Waals surface area contributed by atoms with Gasteiger partial charge in [0.1, 0.15) is 6.61 Å². The molecule has 0 aliphatic rings. The third-order valence-electron chi connectivity index (χ3n) is 6.66. The van der Waals surface area contributed by atoms with Gasteiger partial charge in [-0.2, -0.15) is 0 Å². The number of hydrogen-bond acceptors (Lipinski definition) is 5. The molecule has 0 saturated carbocycles. The Hall–Kier alpha value is -0.650. The van der Waals surface area contributed by atoms with Crippen molar-refractivity contribution < 1.29 is 23.7 Å². The van der Waals surface area contributed by atoms with Gasteiger partial charge in [0.05, 0.1) is 6.61 Å². The molecule has 35 heavy (non-hydrogen) atoms. The maximum atomic E-state index is 12.0. The van der Waals surface area contributed by atoms with Gasteiger partial charge in [-0.1, -0.05) is 117 Å². The number of rotatable bonds is 29. The average Bonchev–Trinajstić information content (AvgIpc) is 2.86. The lowest BCUT2D eigenvalue weighted by atomic mass is 9.91. The van der Waals surface area contributed by atoms with E-state index < -0.39 is 0 Å². The van der Waals surface area contributed by atoms with E-state index in [0.29, 0.717) is 32.3 Å². The van der Waals surface area contributed by atoms with Crippen LogP contribution in [0, 0.1) is 5.92 Å². The van der Waals surface area contributed by atoms with Gasteiger partial charge in [0.2, 0.25) is 0 Å². The molecular weight excluding hydrogens is 440 g/mol. The largest absolute Gasteiger partial charge is 0.464 e. The first kappa shape index (κ1) is 34.4. The number of carbonyl (C=O) groups is 1. The molecule has 1 unspecified atom stereocenters. The number of methoxy groups -OCH3 is 1. The highest BCUT2D eigenvalue weighted by molar-refractivity contribution is 5.70. The zero-order valence-electron chi connectivity index (χ0n) is 23.8. The molecule has 0 rings (SSSR count). The Labute approximate surface area is 218 Å². The molecule has 0 saturated heterocycles. The van der Waals surface area contributed by atoms with Gasteiger partial charge in [-0.25, -0.2) is 4.79 Å². The Morgan fingerprint density at radius 3 is 1.57 bits per heavy atom. The molecule has 0 fully saturated rings. The maximum absolute atomic E-state index is 12.0. The van der Waals surface area contributed by atoms with E-state index in [0.717, 1.165) is 25.9 Å². The van der Waals surface area contributed by atoms with Crippen molar-refractivity contribution in [1.82, 2.24) is 0 Å². The molecule has 0 bridgehead atoms. The Kier molecular flexibility index (Phi) is 29.0. The molecule has 210 valence electrons. The topological polar surface area (TPSA) is 54.0 Å². The van der Waals surface area contributed by atoms with Crippen molar-refractivity contribution in [2.75, 3.05) is 46.8 Å². The molecule has 0 spiro atoms. The first-order valence-corrected chi connectivity index (χ1v) is 15.0. The Morgan fingerprint density at radius 2 is 1.03 bits per heavy atom. The van der Waals surface area contributed by atoms with Crippen LogP contribution in [0.15, 0.2) is 0 Å². The monoisotopic (exact) mass is 500 g/mol. The van der Waals surface area contributed by atoms with Crippen molar-refractivity contribution in [3.8, 4) is 0 Å². The third kappa shape index (κ3) is 27.8. The van der Waals surface area contributed by atoms with Crippen LogP contribution in [0.1, 0.15) is 136 Å². The minimum Gasteiger partial charge on any atom is -0.464 e. The van der Waals surface area contributed by atoms with E-state index in [4.69, 9.17) is 18.9 Å². The molecule has 0 aromatic heterocycles. The smallest absolute Gasteiger partial charge is 0.332 e. The molecule has 0 radical (unpaired) electrons. The zero-order chi connectivity index (χ0) is 25.7. The zero-order valence-corrected chi connectivity index (χ0v) is 23.8. The quantitative estimate of drug-likeness (QED) is 0.0764. The number of ether oxygens (including phenoxy) is 4. The van der Waals surface area contributed by atoms with Crippen LogP contribution in [-0.2, 0) is 23.7 Å². The summed E-state index contributed by atoms with van der Waals surface area (Å²) < 4.78 is 21.4. The summed E-state index contributed by atoms with van der Waals surface area (Å²) in [7, 11) is 1.69. The summed E-state index contributed by atoms with van der Waals surface area (Å²) in [5, 5.41) is 0. The van der Waals surface area contributed by atoms with E-state index in [-0.39, 0.29) is 12.6 Å².